The summed E-state index contributed by atoms with van der Waals surface area (Å²) in [5, 5.41) is 11.2. The summed E-state index contributed by atoms with van der Waals surface area (Å²) in [5.41, 5.74) is 16.1. The van der Waals surface area contributed by atoms with Crippen molar-refractivity contribution in [1.82, 2.24) is 0 Å². The Morgan fingerprint density at radius 2 is 1.08 bits per heavy atom. The molecule has 1 aliphatic carbocycles. The van der Waals surface area contributed by atoms with Gasteiger partial charge in [-0.25, -0.2) is 0 Å². The maximum Gasteiger partial charge on any atom is 0.0470 e. The minimum Gasteiger partial charge on any atom is -0.354 e. The molecule has 0 atom stereocenters. The third-order valence-corrected chi connectivity index (χ3v) is 11.7. The van der Waals surface area contributed by atoms with Crippen LogP contribution in [0.25, 0.3) is 65.7 Å². The molecule has 1 aliphatic heterocycles. The van der Waals surface area contributed by atoms with Crippen molar-refractivity contribution in [3.63, 3.8) is 0 Å². The van der Waals surface area contributed by atoms with Gasteiger partial charge in [-0.2, -0.15) is 0 Å². The molecule has 0 saturated carbocycles. The SMILES string of the molecule is CC1(C)c2ccccc2-c2ccc(N(c3ccc(-c4ccc5c6c(ccc5c4)Nc4cccc5cccc-6c45)cc3)c3ccc4ccccc4c3)cc21. The number of benzene rings is 9. The molecule has 0 aromatic heterocycles. The Morgan fingerprint density at radius 1 is 0.415 bits per heavy atom. The van der Waals surface area contributed by atoms with Gasteiger partial charge in [0.25, 0.3) is 0 Å². The fourth-order valence-electron chi connectivity index (χ4n) is 9.10. The van der Waals surface area contributed by atoms with Crippen molar-refractivity contribution in [1.29, 1.82) is 0 Å². The van der Waals surface area contributed by atoms with E-state index in [9.17, 15) is 0 Å². The zero-order valence-corrected chi connectivity index (χ0v) is 29.7. The van der Waals surface area contributed by atoms with Crippen LogP contribution in [0.1, 0.15) is 25.0 Å². The van der Waals surface area contributed by atoms with Gasteiger partial charge in [0.2, 0.25) is 0 Å². The highest BCUT2D eigenvalue weighted by atomic mass is 15.1. The van der Waals surface area contributed by atoms with Gasteiger partial charge in [-0.15, -0.1) is 0 Å². The topological polar surface area (TPSA) is 15.3 Å². The van der Waals surface area contributed by atoms with Crippen molar-refractivity contribution in [2.75, 3.05) is 10.2 Å². The van der Waals surface area contributed by atoms with Crippen LogP contribution in [0.3, 0.4) is 0 Å². The standard InChI is InChI=1S/C51H36N2/c1-51(2)45-15-6-5-13-42(45)43-27-25-40(31-46(43)51)53(39-24-19-32-9-3-4-10-35(32)30-39)38-22-17-33(18-23-38)36-20-26-41-37(29-36)21-28-48-50(41)44-14-7-11-34-12-8-16-47(52-48)49(34)44/h3-31,52H,1-2H3. The van der Waals surface area contributed by atoms with E-state index in [0.717, 1.165) is 22.7 Å². The van der Waals surface area contributed by atoms with Gasteiger partial charge in [-0.1, -0.05) is 135 Å². The quantitative estimate of drug-likeness (QED) is 0.200. The van der Waals surface area contributed by atoms with Crippen LogP contribution in [0.15, 0.2) is 176 Å². The summed E-state index contributed by atoms with van der Waals surface area (Å²) >= 11 is 0. The van der Waals surface area contributed by atoms with Crippen molar-refractivity contribution < 1.29 is 0 Å². The first-order chi connectivity index (χ1) is 26.0. The second-order valence-electron chi connectivity index (χ2n) is 15.1. The Bertz CT molecular complexity index is 2950. The molecule has 9 aromatic rings. The number of hydrogen-bond acceptors (Lipinski definition) is 2. The highest BCUT2D eigenvalue weighted by Gasteiger charge is 2.35. The summed E-state index contributed by atoms with van der Waals surface area (Å²) < 4.78 is 0. The molecule has 250 valence electrons. The maximum absolute atomic E-state index is 3.71. The zero-order valence-electron chi connectivity index (χ0n) is 29.7. The molecular weight excluding hydrogens is 641 g/mol. The second kappa shape index (κ2) is 11.2. The molecule has 0 spiro atoms. The van der Waals surface area contributed by atoms with E-state index >= 15 is 0 Å². The van der Waals surface area contributed by atoms with Crippen LogP contribution in [-0.2, 0) is 5.41 Å². The van der Waals surface area contributed by atoms with Gasteiger partial charge in [0.05, 0.1) is 0 Å². The predicted octanol–water partition coefficient (Wildman–Crippen LogP) is 14.3. The summed E-state index contributed by atoms with van der Waals surface area (Å²) in [6, 6.07) is 65.0. The zero-order chi connectivity index (χ0) is 35.3. The van der Waals surface area contributed by atoms with Crippen LogP contribution < -0.4 is 10.2 Å². The fraction of sp³-hybridized carbons (Fsp3) is 0.0588. The maximum atomic E-state index is 3.71. The summed E-state index contributed by atoms with van der Waals surface area (Å²) in [4.78, 5) is 2.41. The molecule has 1 heterocycles. The van der Waals surface area contributed by atoms with Crippen molar-refractivity contribution >= 4 is 60.8 Å². The lowest BCUT2D eigenvalue weighted by Gasteiger charge is -2.28. The largest absolute Gasteiger partial charge is 0.354 e. The van der Waals surface area contributed by atoms with Gasteiger partial charge in [-0.05, 0) is 120 Å². The molecule has 0 bridgehead atoms. The fourth-order valence-corrected chi connectivity index (χ4v) is 9.10. The molecule has 53 heavy (non-hydrogen) atoms. The van der Waals surface area contributed by atoms with Crippen LogP contribution in [0, 0.1) is 0 Å². The Hall–Kier alpha value is -6.64. The molecule has 0 saturated heterocycles. The first-order valence-electron chi connectivity index (χ1n) is 18.5. The summed E-state index contributed by atoms with van der Waals surface area (Å²) in [5.74, 6) is 0. The van der Waals surface area contributed by atoms with E-state index < -0.39 is 0 Å². The Morgan fingerprint density at radius 3 is 1.96 bits per heavy atom. The lowest BCUT2D eigenvalue weighted by atomic mass is 9.82. The van der Waals surface area contributed by atoms with Crippen LogP contribution in [-0.4, -0.2) is 0 Å². The molecule has 2 aliphatic rings. The third-order valence-electron chi connectivity index (χ3n) is 11.7. The molecule has 1 N–H and O–H groups in total. The van der Waals surface area contributed by atoms with E-state index in [0.29, 0.717) is 0 Å². The molecule has 0 fully saturated rings. The van der Waals surface area contributed by atoms with Gasteiger partial charge >= 0.3 is 0 Å². The molecular formula is C51H36N2. The second-order valence-corrected chi connectivity index (χ2v) is 15.1. The van der Waals surface area contributed by atoms with E-state index in [1.165, 1.54) is 82.5 Å². The van der Waals surface area contributed by atoms with Gasteiger partial charge in [-0.3, -0.25) is 0 Å². The van der Waals surface area contributed by atoms with Gasteiger partial charge in [0.1, 0.15) is 0 Å². The van der Waals surface area contributed by atoms with Crippen LogP contribution in [0.4, 0.5) is 28.4 Å². The Balaban J connectivity index is 1.01. The number of nitrogens with zero attached hydrogens (tertiary/aromatic N) is 1. The van der Waals surface area contributed by atoms with Crippen molar-refractivity contribution in [2.24, 2.45) is 0 Å². The lowest BCUT2D eigenvalue weighted by molar-refractivity contribution is 0.660. The predicted molar refractivity (Wildman–Crippen MR) is 225 cm³/mol. The molecule has 2 nitrogen and oxygen atoms in total. The minimum atomic E-state index is -0.0812. The van der Waals surface area contributed by atoms with Crippen LogP contribution in [0.2, 0.25) is 0 Å². The average Bonchev–Trinajstić information content (AvgIpc) is 3.43. The smallest absolute Gasteiger partial charge is 0.0470 e. The number of anilines is 5. The Kier molecular flexibility index (Phi) is 6.33. The highest BCUT2D eigenvalue weighted by Crippen LogP contribution is 2.51. The molecule has 0 amide bonds. The summed E-state index contributed by atoms with van der Waals surface area (Å²) in [6.45, 7) is 4.71. The number of hydrogen-bond donors (Lipinski definition) is 1. The number of nitrogens with one attached hydrogen (secondary N) is 1. The van der Waals surface area contributed by atoms with E-state index in [4.69, 9.17) is 0 Å². The first kappa shape index (κ1) is 30.0. The monoisotopic (exact) mass is 676 g/mol. The number of rotatable bonds is 4. The lowest BCUT2D eigenvalue weighted by Crippen LogP contribution is -2.16. The first-order valence-corrected chi connectivity index (χ1v) is 18.5. The molecule has 0 unspecified atom stereocenters. The average molecular weight is 677 g/mol. The summed E-state index contributed by atoms with van der Waals surface area (Å²) in [6.07, 6.45) is 0. The highest BCUT2D eigenvalue weighted by molar-refractivity contribution is 6.17. The summed E-state index contributed by atoms with van der Waals surface area (Å²) in [7, 11) is 0. The normalized spacial score (nSPS) is 13.4. The molecule has 11 rings (SSSR count). The minimum absolute atomic E-state index is 0.0812. The molecule has 2 heteroatoms. The van der Waals surface area contributed by atoms with E-state index in [1.807, 2.05) is 0 Å². The van der Waals surface area contributed by atoms with Gasteiger partial charge in [0, 0.05) is 44.8 Å². The van der Waals surface area contributed by atoms with E-state index in [1.54, 1.807) is 0 Å². The van der Waals surface area contributed by atoms with Gasteiger partial charge < -0.3 is 10.2 Å². The van der Waals surface area contributed by atoms with Crippen molar-refractivity contribution in [3.8, 4) is 33.4 Å². The van der Waals surface area contributed by atoms with Crippen LogP contribution in [0.5, 0.6) is 0 Å². The molecule has 9 aromatic carbocycles. The Labute approximate surface area is 309 Å². The number of fused-ring (bicyclic) bond motifs is 8. The van der Waals surface area contributed by atoms with E-state index in [-0.39, 0.29) is 5.41 Å². The van der Waals surface area contributed by atoms with E-state index in [2.05, 4.69) is 200 Å². The van der Waals surface area contributed by atoms with Crippen LogP contribution >= 0.6 is 0 Å². The van der Waals surface area contributed by atoms with Crippen molar-refractivity contribution in [2.45, 2.75) is 19.3 Å². The third kappa shape index (κ3) is 4.52. The van der Waals surface area contributed by atoms with Crippen molar-refractivity contribution in [3.05, 3.63) is 187 Å². The van der Waals surface area contributed by atoms with Gasteiger partial charge in [0.15, 0.2) is 0 Å². The molecule has 0 radical (unpaired) electrons.